The van der Waals surface area contributed by atoms with Gasteiger partial charge in [-0.05, 0) is 49.6 Å². The second-order valence-electron chi connectivity index (χ2n) is 12.4. The van der Waals surface area contributed by atoms with Crippen LogP contribution in [0.2, 0.25) is 0 Å². The molecule has 0 aliphatic carbocycles. The number of piperazine rings is 1. The third-order valence-corrected chi connectivity index (χ3v) is 8.55. The Hall–Kier alpha value is -2.43. The first-order chi connectivity index (χ1) is 18.6. The normalized spacial score (nSPS) is 27.5. The molecule has 1 unspecified atom stereocenters. The molecule has 0 bridgehead atoms. The van der Waals surface area contributed by atoms with Crippen LogP contribution >= 0.6 is 0 Å². The fourth-order valence-electron chi connectivity index (χ4n) is 6.14. The zero-order chi connectivity index (χ0) is 27.8. The van der Waals surface area contributed by atoms with Gasteiger partial charge in [0.05, 0.1) is 43.3 Å². The molecule has 4 heterocycles. The van der Waals surface area contributed by atoms with Crippen LogP contribution in [0.1, 0.15) is 44.5 Å². The summed E-state index contributed by atoms with van der Waals surface area (Å²) in [6, 6.07) is 9.03. The zero-order valence-corrected chi connectivity index (χ0v) is 23.6. The fourth-order valence-corrected chi connectivity index (χ4v) is 6.14. The quantitative estimate of drug-likeness (QED) is 0.558. The first-order valence-corrected chi connectivity index (χ1v) is 14.0. The lowest BCUT2D eigenvalue weighted by molar-refractivity contribution is -0.122. The van der Waals surface area contributed by atoms with E-state index in [0.29, 0.717) is 32.7 Å². The first kappa shape index (κ1) is 28.1. The summed E-state index contributed by atoms with van der Waals surface area (Å²) in [5, 5.41) is 13.7. The standard InChI is InChI=1S/C30H42FN5O3/c1-21-15-34(25(14-32-21)16-35-9-10-39-20-30(35,4)19-37)17-27(38)36-18-29(2,3)28-26(36)12-23(13-33-28)11-22-5-7-24(31)8-6-22/h5-8,12-13,21,25,32,37H,9-11,14-20H2,1-4H3/t21-,25-,30?/m1/s1. The molecule has 0 spiro atoms. The maximum absolute atomic E-state index is 13.9. The first-order valence-electron chi connectivity index (χ1n) is 14.0. The lowest BCUT2D eigenvalue weighted by Crippen LogP contribution is -2.65. The number of nitrogens with one attached hydrogen (secondary N) is 1. The highest BCUT2D eigenvalue weighted by Gasteiger charge is 2.42. The smallest absolute Gasteiger partial charge is 0.241 e. The Kier molecular flexibility index (Phi) is 8.08. The molecule has 1 aromatic heterocycles. The van der Waals surface area contributed by atoms with Crippen molar-refractivity contribution in [3.63, 3.8) is 0 Å². The Morgan fingerprint density at radius 1 is 1.23 bits per heavy atom. The molecular weight excluding hydrogens is 497 g/mol. The maximum Gasteiger partial charge on any atom is 0.241 e. The molecule has 3 aliphatic heterocycles. The Morgan fingerprint density at radius 2 is 2.00 bits per heavy atom. The van der Waals surface area contributed by atoms with Gasteiger partial charge in [-0.2, -0.15) is 0 Å². The molecule has 0 radical (unpaired) electrons. The van der Waals surface area contributed by atoms with Crippen LogP contribution in [-0.4, -0.2) is 103 Å². The van der Waals surface area contributed by atoms with Crippen LogP contribution in [0.5, 0.6) is 0 Å². The van der Waals surface area contributed by atoms with Gasteiger partial charge in [0.15, 0.2) is 0 Å². The predicted molar refractivity (Wildman–Crippen MR) is 150 cm³/mol. The van der Waals surface area contributed by atoms with Gasteiger partial charge < -0.3 is 20.1 Å². The number of amides is 1. The molecule has 9 heteroatoms. The van der Waals surface area contributed by atoms with E-state index in [1.807, 2.05) is 18.0 Å². The molecule has 2 fully saturated rings. The number of carbonyl (C=O) groups is 1. The van der Waals surface area contributed by atoms with E-state index in [1.54, 1.807) is 12.1 Å². The summed E-state index contributed by atoms with van der Waals surface area (Å²) in [4.78, 5) is 25.2. The molecule has 212 valence electrons. The number of fused-ring (bicyclic) bond motifs is 1. The van der Waals surface area contributed by atoms with E-state index < -0.39 is 5.54 Å². The number of ether oxygens (including phenoxy) is 1. The lowest BCUT2D eigenvalue weighted by atomic mass is 9.91. The lowest BCUT2D eigenvalue weighted by Gasteiger charge is -2.48. The van der Waals surface area contributed by atoms with Crippen LogP contribution in [0.3, 0.4) is 0 Å². The van der Waals surface area contributed by atoms with E-state index >= 15 is 0 Å². The molecule has 39 heavy (non-hydrogen) atoms. The number of pyridine rings is 1. The van der Waals surface area contributed by atoms with Gasteiger partial charge in [-0.3, -0.25) is 19.6 Å². The average Bonchev–Trinajstić information content (AvgIpc) is 3.18. The van der Waals surface area contributed by atoms with Gasteiger partial charge in [0.25, 0.3) is 0 Å². The van der Waals surface area contributed by atoms with Crippen LogP contribution < -0.4 is 10.2 Å². The maximum atomic E-state index is 13.9. The number of aliphatic hydroxyl groups excluding tert-OH is 1. The molecule has 5 rings (SSSR count). The van der Waals surface area contributed by atoms with Crippen molar-refractivity contribution in [2.45, 2.75) is 57.2 Å². The number of hydrogen-bond acceptors (Lipinski definition) is 7. The van der Waals surface area contributed by atoms with Crippen molar-refractivity contribution in [2.75, 3.05) is 64.0 Å². The number of rotatable bonds is 7. The largest absolute Gasteiger partial charge is 0.394 e. The summed E-state index contributed by atoms with van der Waals surface area (Å²) in [7, 11) is 0. The van der Waals surface area contributed by atoms with Crippen molar-refractivity contribution >= 4 is 11.6 Å². The molecule has 1 aromatic carbocycles. The Labute approximate surface area is 231 Å². The summed E-state index contributed by atoms with van der Waals surface area (Å²) < 4.78 is 19.0. The SMILES string of the molecule is C[C@@H]1CN(CC(=O)N2CC(C)(C)c3ncc(Cc4ccc(F)cc4)cc32)[C@@H](CN2CCOCC2(C)CO)CN1. The molecular formula is C30H42FN5O3. The van der Waals surface area contributed by atoms with Crippen molar-refractivity contribution in [2.24, 2.45) is 0 Å². The Morgan fingerprint density at radius 3 is 2.74 bits per heavy atom. The summed E-state index contributed by atoms with van der Waals surface area (Å²) in [6.07, 6.45) is 2.51. The Bertz CT molecular complexity index is 1180. The van der Waals surface area contributed by atoms with Crippen molar-refractivity contribution in [3.05, 3.63) is 59.2 Å². The van der Waals surface area contributed by atoms with Gasteiger partial charge in [-0.15, -0.1) is 0 Å². The van der Waals surface area contributed by atoms with Gasteiger partial charge in [0.2, 0.25) is 5.91 Å². The number of aliphatic hydroxyl groups is 1. The molecule has 2 saturated heterocycles. The fraction of sp³-hybridized carbons (Fsp3) is 0.600. The number of hydrogen-bond donors (Lipinski definition) is 2. The summed E-state index contributed by atoms with van der Waals surface area (Å²) in [5.74, 6) is -0.173. The van der Waals surface area contributed by atoms with Crippen LogP contribution in [-0.2, 0) is 21.4 Å². The van der Waals surface area contributed by atoms with Gasteiger partial charge in [-0.1, -0.05) is 26.0 Å². The number of aromatic nitrogens is 1. The van der Waals surface area contributed by atoms with Gasteiger partial charge in [0, 0.05) is 56.4 Å². The monoisotopic (exact) mass is 539 g/mol. The zero-order valence-electron chi connectivity index (χ0n) is 23.6. The summed E-state index contributed by atoms with van der Waals surface area (Å²) >= 11 is 0. The van der Waals surface area contributed by atoms with Crippen molar-refractivity contribution in [3.8, 4) is 0 Å². The number of halogens is 1. The van der Waals surface area contributed by atoms with Crippen molar-refractivity contribution < 1.29 is 19.0 Å². The summed E-state index contributed by atoms with van der Waals surface area (Å²) in [6.45, 7) is 13.7. The third kappa shape index (κ3) is 6.02. The van der Waals surface area contributed by atoms with E-state index in [2.05, 4.69) is 42.0 Å². The van der Waals surface area contributed by atoms with Gasteiger partial charge in [-0.25, -0.2) is 4.39 Å². The van der Waals surface area contributed by atoms with Gasteiger partial charge >= 0.3 is 0 Å². The topological polar surface area (TPSA) is 81.2 Å². The van der Waals surface area contributed by atoms with Crippen LogP contribution in [0.15, 0.2) is 36.5 Å². The molecule has 8 nitrogen and oxygen atoms in total. The summed E-state index contributed by atoms with van der Waals surface area (Å²) in [5.41, 5.74) is 3.17. The highest BCUT2D eigenvalue weighted by atomic mass is 19.1. The minimum atomic E-state index is -0.415. The number of carbonyl (C=O) groups excluding carboxylic acids is 1. The van der Waals surface area contributed by atoms with Crippen LogP contribution in [0.25, 0.3) is 0 Å². The number of morpholine rings is 1. The van der Waals surface area contributed by atoms with Crippen LogP contribution in [0, 0.1) is 5.82 Å². The Balaban J connectivity index is 1.33. The second kappa shape index (κ2) is 11.2. The van der Waals surface area contributed by atoms with Crippen molar-refractivity contribution in [1.82, 2.24) is 20.1 Å². The molecule has 3 aliphatic rings. The van der Waals surface area contributed by atoms with E-state index in [1.165, 1.54) is 12.1 Å². The minimum absolute atomic E-state index is 0.0371. The van der Waals surface area contributed by atoms with Gasteiger partial charge in [0.1, 0.15) is 5.82 Å². The highest BCUT2D eigenvalue weighted by molar-refractivity contribution is 5.97. The second-order valence-corrected chi connectivity index (χ2v) is 12.4. The minimum Gasteiger partial charge on any atom is -0.394 e. The highest BCUT2D eigenvalue weighted by Crippen LogP contribution is 2.40. The predicted octanol–water partition coefficient (Wildman–Crippen LogP) is 2.18. The van der Waals surface area contributed by atoms with E-state index in [0.717, 1.165) is 48.7 Å². The van der Waals surface area contributed by atoms with Crippen molar-refractivity contribution in [1.29, 1.82) is 0 Å². The third-order valence-electron chi connectivity index (χ3n) is 8.55. The molecule has 0 saturated carbocycles. The van der Waals surface area contributed by atoms with E-state index in [-0.39, 0.29) is 35.8 Å². The van der Waals surface area contributed by atoms with E-state index in [9.17, 15) is 14.3 Å². The van der Waals surface area contributed by atoms with E-state index in [4.69, 9.17) is 9.72 Å². The molecule has 2 N–H and O–H groups in total. The molecule has 1 amide bonds. The average molecular weight is 540 g/mol. The number of anilines is 1. The number of nitrogens with zero attached hydrogens (tertiary/aromatic N) is 4. The number of benzene rings is 1. The van der Waals surface area contributed by atoms with Crippen LogP contribution in [0.4, 0.5) is 10.1 Å². The molecule has 2 aromatic rings. The molecule has 3 atom stereocenters.